The second kappa shape index (κ2) is 6.95. The zero-order chi connectivity index (χ0) is 15.2. The zero-order valence-electron chi connectivity index (χ0n) is 11.3. The van der Waals surface area contributed by atoms with Crippen molar-refractivity contribution in [1.82, 2.24) is 5.32 Å². The Kier molecular flexibility index (Phi) is 5.01. The number of furan rings is 1. The van der Waals surface area contributed by atoms with Crippen molar-refractivity contribution < 1.29 is 13.9 Å². The third kappa shape index (κ3) is 4.10. The quantitative estimate of drug-likeness (QED) is 0.900. The average molecular weight is 349 g/mol. The molecule has 108 valence electrons. The summed E-state index contributed by atoms with van der Waals surface area (Å²) in [5, 5.41) is 11.8. The van der Waals surface area contributed by atoms with Crippen molar-refractivity contribution in [3.63, 3.8) is 0 Å². The Hall–Kier alpha value is -2.26. The molecule has 0 radical (unpaired) electrons. The second-order valence-corrected chi connectivity index (χ2v) is 5.23. The first-order chi connectivity index (χ1) is 10.1. The zero-order valence-corrected chi connectivity index (χ0v) is 12.9. The van der Waals surface area contributed by atoms with Crippen molar-refractivity contribution in [2.75, 3.05) is 0 Å². The average Bonchev–Trinajstić information content (AvgIpc) is 2.99. The molecule has 1 atom stereocenters. The van der Waals surface area contributed by atoms with Crippen molar-refractivity contribution in [3.05, 3.63) is 52.4 Å². The molecule has 0 bridgehead atoms. The van der Waals surface area contributed by atoms with Crippen LogP contribution in [0.5, 0.6) is 5.75 Å². The number of amides is 1. The van der Waals surface area contributed by atoms with E-state index in [2.05, 4.69) is 21.2 Å². The monoisotopic (exact) mass is 348 g/mol. The number of hydrogen-bond donors (Lipinski definition) is 1. The van der Waals surface area contributed by atoms with E-state index >= 15 is 0 Å². The van der Waals surface area contributed by atoms with Gasteiger partial charge in [-0.25, -0.2) is 0 Å². The fourth-order valence-electron chi connectivity index (χ4n) is 1.67. The summed E-state index contributed by atoms with van der Waals surface area (Å²) in [7, 11) is 0. The Morgan fingerprint density at radius 3 is 3.00 bits per heavy atom. The molecule has 1 aromatic heterocycles. The van der Waals surface area contributed by atoms with Crippen LogP contribution in [0.1, 0.15) is 18.2 Å². The van der Waals surface area contributed by atoms with Gasteiger partial charge in [-0.2, -0.15) is 5.26 Å². The summed E-state index contributed by atoms with van der Waals surface area (Å²) < 4.78 is 11.4. The molecule has 1 N–H and O–H groups in total. The molecule has 2 rings (SSSR count). The van der Waals surface area contributed by atoms with Crippen LogP contribution in [0.2, 0.25) is 0 Å². The largest absolute Gasteiger partial charge is 0.480 e. The van der Waals surface area contributed by atoms with E-state index in [0.29, 0.717) is 23.6 Å². The molecule has 1 aromatic carbocycles. The van der Waals surface area contributed by atoms with Gasteiger partial charge in [0.25, 0.3) is 5.91 Å². The Morgan fingerprint density at radius 2 is 2.33 bits per heavy atom. The summed E-state index contributed by atoms with van der Waals surface area (Å²) in [5.41, 5.74) is 0.370. The fraction of sp³-hybridized carbons (Fsp3) is 0.200. The van der Waals surface area contributed by atoms with Gasteiger partial charge in [0.2, 0.25) is 0 Å². The lowest BCUT2D eigenvalue weighted by Crippen LogP contribution is -2.35. The van der Waals surface area contributed by atoms with Crippen LogP contribution in [0.4, 0.5) is 0 Å². The fourth-order valence-corrected chi connectivity index (χ4v) is 2.03. The third-order valence-electron chi connectivity index (χ3n) is 2.75. The molecule has 6 heteroatoms. The molecule has 0 saturated heterocycles. The molecule has 2 aromatic rings. The maximum atomic E-state index is 11.9. The first-order valence-electron chi connectivity index (χ1n) is 6.26. The van der Waals surface area contributed by atoms with Crippen molar-refractivity contribution in [3.8, 4) is 11.8 Å². The van der Waals surface area contributed by atoms with Gasteiger partial charge in [0.1, 0.15) is 17.6 Å². The molecule has 5 nitrogen and oxygen atoms in total. The summed E-state index contributed by atoms with van der Waals surface area (Å²) in [6, 6.07) is 10.6. The van der Waals surface area contributed by atoms with Crippen molar-refractivity contribution in [1.29, 1.82) is 5.26 Å². The standard InChI is InChI=1S/C15H13BrN2O3/c1-10(15(19)18-9-13-3-2-6-20-13)21-14-5-4-12(16)7-11(14)8-17/h2-7,10H,9H2,1H3,(H,18,19). The molecule has 0 aliphatic heterocycles. The van der Waals surface area contributed by atoms with E-state index in [1.165, 1.54) is 0 Å². The van der Waals surface area contributed by atoms with E-state index in [-0.39, 0.29) is 5.91 Å². The highest BCUT2D eigenvalue weighted by Crippen LogP contribution is 2.23. The van der Waals surface area contributed by atoms with Gasteiger partial charge in [0.15, 0.2) is 6.10 Å². The molecule has 0 fully saturated rings. The van der Waals surface area contributed by atoms with Crippen LogP contribution in [0.15, 0.2) is 45.5 Å². The predicted molar refractivity (Wildman–Crippen MR) is 79.5 cm³/mol. The summed E-state index contributed by atoms with van der Waals surface area (Å²) in [4.78, 5) is 11.9. The van der Waals surface area contributed by atoms with Gasteiger partial charge in [-0.15, -0.1) is 0 Å². The molecule has 0 spiro atoms. The highest BCUT2D eigenvalue weighted by atomic mass is 79.9. The summed E-state index contributed by atoms with van der Waals surface area (Å²) in [6.07, 6.45) is 0.829. The van der Waals surface area contributed by atoms with Gasteiger partial charge < -0.3 is 14.5 Å². The first kappa shape index (κ1) is 15.1. The number of ether oxygens (including phenoxy) is 1. The normalized spacial score (nSPS) is 11.5. The van der Waals surface area contributed by atoms with E-state index in [0.717, 1.165) is 4.47 Å². The minimum absolute atomic E-state index is 0.279. The van der Waals surface area contributed by atoms with E-state index < -0.39 is 6.10 Å². The number of hydrogen-bond acceptors (Lipinski definition) is 4. The van der Waals surface area contributed by atoms with Crippen LogP contribution in [-0.4, -0.2) is 12.0 Å². The molecule has 1 heterocycles. The Balaban J connectivity index is 1.96. The molecular weight excluding hydrogens is 336 g/mol. The maximum Gasteiger partial charge on any atom is 0.261 e. The highest BCUT2D eigenvalue weighted by molar-refractivity contribution is 9.10. The number of nitrogens with zero attached hydrogens (tertiary/aromatic N) is 1. The smallest absolute Gasteiger partial charge is 0.261 e. The van der Waals surface area contributed by atoms with Gasteiger partial charge in [0, 0.05) is 4.47 Å². The topological polar surface area (TPSA) is 75.3 Å². The van der Waals surface area contributed by atoms with Gasteiger partial charge >= 0.3 is 0 Å². The van der Waals surface area contributed by atoms with Crippen LogP contribution >= 0.6 is 15.9 Å². The minimum atomic E-state index is -0.715. The number of rotatable bonds is 5. The number of nitrogens with one attached hydrogen (secondary N) is 1. The van der Waals surface area contributed by atoms with Crippen LogP contribution in [-0.2, 0) is 11.3 Å². The van der Waals surface area contributed by atoms with Crippen LogP contribution in [0.3, 0.4) is 0 Å². The molecule has 0 aliphatic rings. The van der Waals surface area contributed by atoms with Crippen LogP contribution in [0.25, 0.3) is 0 Å². The minimum Gasteiger partial charge on any atom is -0.480 e. The number of benzene rings is 1. The van der Waals surface area contributed by atoms with E-state index in [9.17, 15) is 4.79 Å². The maximum absolute atomic E-state index is 11.9. The van der Waals surface area contributed by atoms with Crippen molar-refractivity contribution in [2.24, 2.45) is 0 Å². The Morgan fingerprint density at radius 1 is 1.52 bits per heavy atom. The van der Waals surface area contributed by atoms with E-state index in [1.807, 2.05) is 6.07 Å². The van der Waals surface area contributed by atoms with Gasteiger partial charge in [-0.1, -0.05) is 15.9 Å². The van der Waals surface area contributed by atoms with Crippen LogP contribution in [0, 0.1) is 11.3 Å². The lowest BCUT2D eigenvalue weighted by atomic mass is 10.2. The van der Waals surface area contributed by atoms with Gasteiger partial charge in [-0.05, 0) is 37.3 Å². The SMILES string of the molecule is CC(Oc1ccc(Br)cc1C#N)C(=O)NCc1ccco1. The molecule has 1 unspecified atom stereocenters. The number of carbonyl (C=O) groups excluding carboxylic acids is 1. The number of carbonyl (C=O) groups is 1. The van der Waals surface area contributed by atoms with Gasteiger partial charge in [0.05, 0.1) is 18.4 Å². The molecular formula is C15H13BrN2O3. The molecule has 1 amide bonds. The Bertz CT molecular complexity index is 662. The first-order valence-corrected chi connectivity index (χ1v) is 7.06. The molecule has 21 heavy (non-hydrogen) atoms. The highest BCUT2D eigenvalue weighted by Gasteiger charge is 2.16. The van der Waals surface area contributed by atoms with Gasteiger partial charge in [-0.3, -0.25) is 4.79 Å². The summed E-state index contributed by atoms with van der Waals surface area (Å²) in [5.74, 6) is 0.761. The third-order valence-corrected chi connectivity index (χ3v) is 3.25. The summed E-state index contributed by atoms with van der Waals surface area (Å²) >= 11 is 3.28. The summed E-state index contributed by atoms with van der Waals surface area (Å²) in [6.45, 7) is 1.92. The van der Waals surface area contributed by atoms with Crippen molar-refractivity contribution in [2.45, 2.75) is 19.6 Å². The molecule has 0 saturated carbocycles. The predicted octanol–water partition coefficient (Wildman–Crippen LogP) is 3.00. The van der Waals surface area contributed by atoms with Crippen LogP contribution < -0.4 is 10.1 Å². The lowest BCUT2D eigenvalue weighted by Gasteiger charge is -2.15. The second-order valence-electron chi connectivity index (χ2n) is 4.31. The van der Waals surface area contributed by atoms with E-state index in [1.54, 1.807) is 43.5 Å². The van der Waals surface area contributed by atoms with Crippen molar-refractivity contribution >= 4 is 21.8 Å². The molecule has 0 aliphatic carbocycles. The lowest BCUT2D eigenvalue weighted by molar-refractivity contribution is -0.127. The number of nitriles is 1. The Labute approximate surface area is 130 Å². The van der Waals surface area contributed by atoms with E-state index in [4.69, 9.17) is 14.4 Å². The number of halogens is 1.